The monoisotopic (exact) mass is 355 g/mol. The van der Waals surface area contributed by atoms with Crippen LogP contribution >= 0.6 is 0 Å². The number of hydrogen-bond acceptors (Lipinski definition) is 3. The first kappa shape index (κ1) is 18.2. The molecule has 3 rings (SSSR count). The molecule has 26 heavy (non-hydrogen) atoms. The number of nitrogens with zero attached hydrogens (tertiary/aromatic N) is 3. The summed E-state index contributed by atoms with van der Waals surface area (Å²) in [4.78, 5) is 25.9. The van der Waals surface area contributed by atoms with Gasteiger partial charge in [-0.2, -0.15) is 5.10 Å². The topological polar surface area (TPSA) is 75.4 Å². The number of likely N-dealkylation sites (tertiary alicyclic amines) is 1. The number of carbonyl (C=O) groups is 2. The zero-order chi connectivity index (χ0) is 18.5. The molecule has 1 atom stereocenters. The predicted molar refractivity (Wildman–Crippen MR) is 98.0 cm³/mol. The number of rotatable bonds is 6. The second-order valence-electron chi connectivity index (χ2n) is 6.89. The number of carboxylic acid groups (broad SMARTS) is 1. The van der Waals surface area contributed by atoms with Crippen molar-refractivity contribution in [3.8, 4) is 0 Å². The van der Waals surface area contributed by atoms with Gasteiger partial charge in [0.2, 0.25) is 5.91 Å². The molecule has 2 heterocycles. The Bertz CT molecular complexity index is 749. The van der Waals surface area contributed by atoms with Crippen molar-refractivity contribution >= 4 is 11.9 Å². The van der Waals surface area contributed by atoms with E-state index in [0.717, 1.165) is 44.3 Å². The molecule has 1 fully saturated rings. The highest BCUT2D eigenvalue weighted by atomic mass is 16.4. The molecule has 1 amide bonds. The Morgan fingerprint density at radius 3 is 2.65 bits per heavy atom. The van der Waals surface area contributed by atoms with Crippen LogP contribution in [-0.4, -0.2) is 44.8 Å². The first-order valence-corrected chi connectivity index (χ1v) is 9.18. The van der Waals surface area contributed by atoms with Crippen molar-refractivity contribution in [1.29, 1.82) is 0 Å². The SMILES string of the molecule is CCC(C(=O)N1CCC(Cc2cccc(C(=O)O)c2)CC1)n1cccn1. The van der Waals surface area contributed by atoms with E-state index in [4.69, 9.17) is 5.11 Å². The van der Waals surface area contributed by atoms with Crippen LogP contribution in [0.5, 0.6) is 0 Å². The Morgan fingerprint density at radius 2 is 2.04 bits per heavy atom. The van der Waals surface area contributed by atoms with Gasteiger partial charge in [0.1, 0.15) is 6.04 Å². The fourth-order valence-corrected chi connectivity index (χ4v) is 3.67. The van der Waals surface area contributed by atoms with Crippen molar-refractivity contribution in [1.82, 2.24) is 14.7 Å². The van der Waals surface area contributed by atoms with E-state index in [1.165, 1.54) is 0 Å². The van der Waals surface area contributed by atoms with Crippen molar-refractivity contribution in [2.45, 2.75) is 38.6 Å². The Balaban J connectivity index is 1.56. The molecule has 0 spiro atoms. The maximum Gasteiger partial charge on any atom is 0.335 e. The summed E-state index contributed by atoms with van der Waals surface area (Å²) in [5.41, 5.74) is 1.39. The average Bonchev–Trinajstić information content (AvgIpc) is 3.17. The molecule has 1 unspecified atom stereocenters. The first-order valence-electron chi connectivity index (χ1n) is 9.18. The van der Waals surface area contributed by atoms with Crippen LogP contribution in [0.25, 0.3) is 0 Å². The minimum absolute atomic E-state index is 0.141. The molecular weight excluding hydrogens is 330 g/mol. The van der Waals surface area contributed by atoms with E-state index < -0.39 is 5.97 Å². The summed E-state index contributed by atoms with van der Waals surface area (Å²) in [5.74, 6) is -0.271. The van der Waals surface area contributed by atoms with Gasteiger partial charge in [0.05, 0.1) is 5.56 Å². The van der Waals surface area contributed by atoms with Gasteiger partial charge in [-0.05, 0) is 55.4 Å². The maximum absolute atomic E-state index is 12.8. The van der Waals surface area contributed by atoms with Crippen LogP contribution in [-0.2, 0) is 11.2 Å². The number of carbonyl (C=O) groups excluding carboxylic acids is 1. The zero-order valence-electron chi connectivity index (χ0n) is 15.0. The Kier molecular flexibility index (Phi) is 5.71. The van der Waals surface area contributed by atoms with Crippen molar-refractivity contribution < 1.29 is 14.7 Å². The van der Waals surface area contributed by atoms with Crippen molar-refractivity contribution in [3.63, 3.8) is 0 Å². The minimum atomic E-state index is -0.892. The minimum Gasteiger partial charge on any atom is -0.478 e. The number of hydrogen-bond donors (Lipinski definition) is 1. The third-order valence-corrected chi connectivity index (χ3v) is 5.14. The van der Waals surface area contributed by atoms with Gasteiger partial charge in [0.25, 0.3) is 0 Å². The summed E-state index contributed by atoms with van der Waals surface area (Å²) in [6.45, 7) is 3.51. The molecule has 1 N–H and O–H groups in total. The van der Waals surface area contributed by atoms with Crippen LogP contribution in [0, 0.1) is 5.92 Å². The number of carboxylic acids is 1. The van der Waals surface area contributed by atoms with E-state index in [0.29, 0.717) is 11.5 Å². The second kappa shape index (κ2) is 8.17. The van der Waals surface area contributed by atoms with E-state index in [-0.39, 0.29) is 11.9 Å². The van der Waals surface area contributed by atoms with Gasteiger partial charge in [-0.3, -0.25) is 9.48 Å². The summed E-state index contributed by atoms with van der Waals surface area (Å²) in [5, 5.41) is 13.3. The van der Waals surface area contributed by atoms with Gasteiger partial charge in [-0.15, -0.1) is 0 Å². The number of piperidine rings is 1. The van der Waals surface area contributed by atoms with Crippen molar-refractivity contribution in [3.05, 3.63) is 53.9 Å². The molecule has 0 saturated carbocycles. The van der Waals surface area contributed by atoms with Gasteiger partial charge in [0, 0.05) is 25.5 Å². The van der Waals surface area contributed by atoms with E-state index >= 15 is 0 Å². The van der Waals surface area contributed by atoms with E-state index in [1.54, 1.807) is 29.1 Å². The molecule has 0 bridgehead atoms. The van der Waals surface area contributed by atoms with Crippen LogP contribution in [0.4, 0.5) is 0 Å². The van der Waals surface area contributed by atoms with Crippen molar-refractivity contribution in [2.24, 2.45) is 5.92 Å². The normalized spacial score (nSPS) is 16.4. The molecular formula is C20H25N3O3. The number of aromatic nitrogens is 2. The smallest absolute Gasteiger partial charge is 0.335 e. The maximum atomic E-state index is 12.8. The van der Waals surface area contributed by atoms with Crippen molar-refractivity contribution in [2.75, 3.05) is 13.1 Å². The molecule has 2 aromatic rings. The van der Waals surface area contributed by atoms with Crippen LogP contribution in [0.1, 0.15) is 48.1 Å². The van der Waals surface area contributed by atoms with Crippen LogP contribution in [0.2, 0.25) is 0 Å². The fraction of sp³-hybridized carbons (Fsp3) is 0.450. The Morgan fingerprint density at radius 1 is 1.27 bits per heavy atom. The first-order chi connectivity index (χ1) is 12.6. The third kappa shape index (κ3) is 4.12. The molecule has 1 saturated heterocycles. The van der Waals surface area contributed by atoms with E-state index in [9.17, 15) is 9.59 Å². The molecule has 1 aromatic carbocycles. The summed E-state index contributed by atoms with van der Waals surface area (Å²) >= 11 is 0. The lowest BCUT2D eigenvalue weighted by atomic mass is 9.89. The van der Waals surface area contributed by atoms with Gasteiger partial charge in [0.15, 0.2) is 0 Å². The Hall–Kier alpha value is -2.63. The summed E-state index contributed by atoms with van der Waals surface area (Å²) in [6, 6.07) is 8.77. The van der Waals surface area contributed by atoms with Crippen LogP contribution < -0.4 is 0 Å². The predicted octanol–water partition coefficient (Wildman–Crippen LogP) is 3.01. The molecule has 6 heteroatoms. The summed E-state index contributed by atoms with van der Waals surface area (Å²) < 4.78 is 1.74. The lowest BCUT2D eigenvalue weighted by molar-refractivity contribution is -0.136. The van der Waals surface area contributed by atoms with Gasteiger partial charge in [-0.25, -0.2) is 4.79 Å². The van der Waals surface area contributed by atoms with E-state index in [2.05, 4.69) is 5.10 Å². The van der Waals surface area contributed by atoms with Gasteiger partial charge < -0.3 is 10.0 Å². The standard InChI is InChI=1S/C20H25N3O3/c1-2-18(23-10-4-9-21-23)19(24)22-11-7-15(8-12-22)13-16-5-3-6-17(14-16)20(25)26/h3-6,9-10,14-15,18H,2,7-8,11-13H2,1H3,(H,25,26). The third-order valence-electron chi connectivity index (χ3n) is 5.14. The lowest BCUT2D eigenvalue weighted by Gasteiger charge is -2.34. The quantitative estimate of drug-likeness (QED) is 0.864. The largest absolute Gasteiger partial charge is 0.478 e. The fourth-order valence-electron chi connectivity index (χ4n) is 3.67. The van der Waals surface area contributed by atoms with Gasteiger partial charge >= 0.3 is 5.97 Å². The molecule has 1 aliphatic heterocycles. The zero-order valence-corrected chi connectivity index (χ0v) is 15.0. The molecule has 1 aromatic heterocycles. The summed E-state index contributed by atoms with van der Waals surface area (Å²) in [6.07, 6.45) is 7.01. The second-order valence-corrected chi connectivity index (χ2v) is 6.89. The van der Waals surface area contributed by atoms with Crippen LogP contribution in [0.3, 0.4) is 0 Å². The number of aromatic carboxylic acids is 1. The molecule has 1 aliphatic rings. The number of amides is 1. The highest BCUT2D eigenvalue weighted by Crippen LogP contribution is 2.24. The number of benzene rings is 1. The Labute approximate surface area is 153 Å². The average molecular weight is 355 g/mol. The highest BCUT2D eigenvalue weighted by Gasteiger charge is 2.28. The highest BCUT2D eigenvalue weighted by molar-refractivity contribution is 5.87. The molecule has 6 nitrogen and oxygen atoms in total. The van der Waals surface area contributed by atoms with Gasteiger partial charge in [-0.1, -0.05) is 19.1 Å². The van der Waals surface area contributed by atoms with E-state index in [1.807, 2.05) is 30.2 Å². The molecule has 138 valence electrons. The molecule has 0 radical (unpaired) electrons. The summed E-state index contributed by atoms with van der Waals surface area (Å²) in [7, 11) is 0. The van der Waals surface area contributed by atoms with Crippen LogP contribution in [0.15, 0.2) is 42.7 Å². The lowest BCUT2D eigenvalue weighted by Crippen LogP contribution is -2.42. The molecule has 0 aliphatic carbocycles.